The number of hydrogen-bond acceptors (Lipinski definition) is 5. The normalized spacial score (nSPS) is 12.1. The monoisotopic (exact) mass is 328 g/mol. The highest BCUT2D eigenvalue weighted by Gasteiger charge is 2.15. The number of carbonyl (C=O) groups excluding carboxylic acids is 1. The summed E-state index contributed by atoms with van der Waals surface area (Å²) in [6.07, 6.45) is 0.615. The quantitative estimate of drug-likeness (QED) is 0.754. The Kier molecular flexibility index (Phi) is 4.55. The van der Waals surface area contributed by atoms with E-state index in [0.29, 0.717) is 17.0 Å². The zero-order valence-electron chi connectivity index (χ0n) is 12.5. The molecule has 1 unspecified atom stereocenters. The molecule has 0 aromatic carbocycles. The van der Waals surface area contributed by atoms with Crippen molar-refractivity contribution in [1.82, 2.24) is 10.3 Å². The van der Waals surface area contributed by atoms with E-state index in [0.717, 1.165) is 11.3 Å². The Morgan fingerprint density at radius 1 is 1.39 bits per heavy atom. The Morgan fingerprint density at radius 3 is 2.91 bits per heavy atom. The largest absolute Gasteiger partial charge is 0.467 e. The molecule has 23 heavy (non-hydrogen) atoms. The molecule has 3 aromatic rings. The molecule has 0 aliphatic heterocycles. The van der Waals surface area contributed by atoms with Gasteiger partial charge in [0.25, 0.3) is 5.91 Å². The van der Waals surface area contributed by atoms with Crippen LogP contribution in [0.4, 0.5) is 0 Å². The summed E-state index contributed by atoms with van der Waals surface area (Å²) in [7, 11) is 0. The molecule has 5 nitrogen and oxygen atoms in total. The maximum Gasteiger partial charge on any atom is 0.253 e. The summed E-state index contributed by atoms with van der Waals surface area (Å²) in [5.41, 5.74) is 3.03. The Bertz CT molecular complexity index is 782. The fourth-order valence-electron chi connectivity index (χ4n) is 2.24. The second kappa shape index (κ2) is 6.76. The first-order chi connectivity index (χ1) is 11.1. The first kappa shape index (κ1) is 15.5. The smallest absolute Gasteiger partial charge is 0.253 e. The minimum atomic E-state index is -0.868. The van der Waals surface area contributed by atoms with Crippen LogP contribution in [0, 0.1) is 6.92 Å². The summed E-state index contributed by atoms with van der Waals surface area (Å²) in [5, 5.41) is 16.6. The van der Waals surface area contributed by atoms with Crippen molar-refractivity contribution in [3.63, 3.8) is 0 Å². The van der Waals surface area contributed by atoms with Crippen molar-refractivity contribution in [2.24, 2.45) is 0 Å². The number of amides is 1. The standard InChI is InChI=1S/C17H16N2O3S/c1-11-13(4-5-14(19-11)12-6-8-23-10-12)17(21)18-9-15(20)16-3-2-7-22-16/h2-8,10,15,20H,9H2,1H3,(H,18,21). The minimum Gasteiger partial charge on any atom is -0.467 e. The van der Waals surface area contributed by atoms with Gasteiger partial charge in [-0.15, -0.1) is 0 Å². The zero-order chi connectivity index (χ0) is 16.2. The summed E-state index contributed by atoms with van der Waals surface area (Å²) >= 11 is 1.60. The van der Waals surface area contributed by atoms with Crippen molar-refractivity contribution in [3.8, 4) is 11.3 Å². The topological polar surface area (TPSA) is 75.4 Å². The molecule has 2 N–H and O–H groups in total. The average molecular weight is 328 g/mol. The van der Waals surface area contributed by atoms with Crippen molar-refractivity contribution in [2.45, 2.75) is 13.0 Å². The van der Waals surface area contributed by atoms with Crippen molar-refractivity contribution in [2.75, 3.05) is 6.54 Å². The van der Waals surface area contributed by atoms with Crippen LogP contribution in [-0.4, -0.2) is 22.5 Å². The van der Waals surface area contributed by atoms with Gasteiger partial charge in [-0.3, -0.25) is 9.78 Å². The molecule has 0 bridgehead atoms. The van der Waals surface area contributed by atoms with Crippen molar-refractivity contribution in [3.05, 3.63) is 64.4 Å². The molecule has 0 spiro atoms. The Hall–Kier alpha value is -2.44. The third-order valence-electron chi connectivity index (χ3n) is 3.47. The van der Waals surface area contributed by atoms with Crippen LogP contribution in [0.1, 0.15) is 27.9 Å². The van der Waals surface area contributed by atoms with Crippen LogP contribution in [0.3, 0.4) is 0 Å². The van der Waals surface area contributed by atoms with Gasteiger partial charge in [0, 0.05) is 10.9 Å². The minimum absolute atomic E-state index is 0.0814. The Morgan fingerprint density at radius 2 is 2.26 bits per heavy atom. The zero-order valence-corrected chi connectivity index (χ0v) is 13.3. The van der Waals surface area contributed by atoms with Crippen LogP contribution in [0.5, 0.6) is 0 Å². The first-order valence-electron chi connectivity index (χ1n) is 7.15. The van der Waals surface area contributed by atoms with Gasteiger partial charge in [-0.25, -0.2) is 0 Å². The number of furan rings is 1. The lowest BCUT2D eigenvalue weighted by Crippen LogP contribution is -2.29. The number of nitrogens with one attached hydrogen (secondary N) is 1. The molecule has 0 aliphatic rings. The molecule has 0 radical (unpaired) electrons. The van der Waals surface area contributed by atoms with Crippen molar-refractivity contribution < 1.29 is 14.3 Å². The second-order valence-electron chi connectivity index (χ2n) is 5.08. The molecule has 0 fully saturated rings. The molecule has 1 atom stereocenters. The van der Waals surface area contributed by atoms with E-state index >= 15 is 0 Å². The highest BCUT2D eigenvalue weighted by atomic mass is 32.1. The van der Waals surface area contributed by atoms with Gasteiger partial charge in [-0.2, -0.15) is 11.3 Å². The van der Waals surface area contributed by atoms with Gasteiger partial charge in [0.2, 0.25) is 0 Å². The number of aryl methyl sites for hydroxylation is 1. The lowest BCUT2D eigenvalue weighted by molar-refractivity contribution is 0.0900. The molecular formula is C17H16N2O3S. The fourth-order valence-corrected chi connectivity index (χ4v) is 2.89. The predicted octanol–water partition coefficient (Wildman–Crippen LogP) is 3.17. The van der Waals surface area contributed by atoms with Crippen molar-refractivity contribution in [1.29, 1.82) is 0 Å². The van der Waals surface area contributed by atoms with Crippen LogP contribution in [0.15, 0.2) is 51.8 Å². The van der Waals surface area contributed by atoms with E-state index in [2.05, 4.69) is 10.3 Å². The summed E-state index contributed by atoms with van der Waals surface area (Å²) in [6.45, 7) is 1.88. The number of hydrogen-bond donors (Lipinski definition) is 2. The van der Waals surface area contributed by atoms with Gasteiger partial charge >= 0.3 is 0 Å². The number of thiophene rings is 1. The number of carbonyl (C=O) groups is 1. The maximum absolute atomic E-state index is 12.2. The maximum atomic E-state index is 12.2. The van der Waals surface area contributed by atoms with Gasteiger partial charge < -0.3 is 14.8 Å². The molecule has 3 heterocycles. The Labute approximate surface area is 137 Å². The molecule has 0 saturated heterocycles. The van der Waals surface area contributed by atoms with Crippen LogP contribution in [0.2, 0.25) is 0 Å². The summed E-state index contributed by atoms with van der Waals surface area (Å²) in [6, 6.07) is 8.93. The van der Waals surface area contributed by atoms with Crippen molar-refractivity contribution >= 4 is 17.2 Å². The molecule has 3 aromatic heterocycles. The third kappa shape index (κ3) is 3.49. The second-order valence-corrected chi connectivity index (χ2v) is 5.86. The fraction of sp³-hybridized carbons (Fsp3) is 0.176. The number of aliphatic hydroxyl groups is 1. The van der Waals surface area contributed by atoms with Gasteiger partial charge in [0.05, 0.1) is 29.8 Å². The van der Waals surface area contributed by atoms with Gasteiger partial charge in [0.15, 0.2) is 0 Å². The van der Waals surface area contributed by atoms with Crippen LogP contribution in [0.25, 0.3) is 11.3 Å². The van der Waals surface area contributed by atoms with E-state index in [1.807, 2.05) is 22.9 Å². The lowest BCUT2D eigenvalue weighted by atomic mass is 10.1. The number of aliphatic hydroxyl groups excluding tert-OH is 1. The third-order valence-corrected chi connectivity index (χ3v) is 4.16. The number of pyridine rings is 1. The predicted molar refractivity (Wildman–Crippen MR) is 88.3 cm³/mol. The van der Waals surface area contributed by atoms with Crippen LogP contribution >= 0.6 is 11.3 Å². The van der Waals surface area contributed by atoms with E-state index in [9.17, 15) is 9.90 Å². The van der Waals surface area contributed by atoms with Crippen LogP contribution in [-0.2, 0) is 0 Å². The van der Waals surface area contributed by atoms with E-state index in [1.165, 1.54) is 6.26 Å². The average Bonchev–Trinajstić information content (AvgIpc) is 3.24. The first-order valence-corrected chi connectivity index (χ1v) is 8.09. The summed E-state index contributed by atoms with van der Waals surface area (Å²) in [5.74, 6) is 0.158. The Balaban J connectivity index is 1.68. The highest BCUT2D eigenvalue weighted by Crippen LogP contribution is 2.21. The molecule has 0 aliphatic carbocycles. The molecule has 6 heteroatoms. The number of rotatable bonds is 5. The van der Waals surface area contributed by atoms with Gasteiger partial charge in [-0.05, 0) is 42.6 Å². The van der Waals surface area contributed by atoms with E-state index < -0.39 is 6.10 Å². The van der Waals surface area contributed by atoms with Gasteiger partial charge in [-0.1, -0.05) is 0 Å². The molecule has 3 rings (SSSR count). The number of nitrogens with zero attached hydrogens (tertiary/aromatic N) is 1. The molecule has 118 valence electrons. The van der Waals surface area contributed by atoms with Gasteiger partial charge in [0.1, 0.15) is 11.9 Å². The lowest BCUT2D eigenvalue weighted by Gasteiger charge is -2.11. The summed E-state index contributed by atoms with van der Waals surface area (Å²) < 4.78 is 5.10. The molecular weight excluding hydrogens is 312 g/mol. The van der Waals surface area contributed by atoms with E-state index in [-0.39, 0.29) is 12.5 Å². The SMILES string of the molecule is Cc1nc(-c2ccsc2)ccc1C(=O)NCC(O)c1ccco1. The van der Waals surface area contributed by atoms with E-state index in [1.54, 1.807) is 36.5 Å². The molecule has 1 amide bonds. The van der Waals surface area contributed by atoms with Crippen LogP contribution < -0.4 is 5.32 Å². The number of aromatic nitrogens is 1. The summed E-state index contributed by atoms with van der Waals surface area (Å²) in [4.78, 5) is 16.7. The molecule has 0 saturated carbocycles. The van der Waals surface area contributed by atoms with E-state index in [4.69, 9.17) is 4.42 Å². The highest BCUT2D eigenvalue weighted by molar-refractivity contribution is 7.08.